The van der Waals surface area contributed by atoms with E-state index in [0.717, 1.165) is 0 Å². The van der Waals surface area contributed by atoms with Crippen molar-refractivity contribution >= 4 is 11.3 Å². The van der Waals surface area contributed by atoms with E-state index in [2.05, 4.69) is 19.1 Å². The molecule has 1 heterocycles. The van der Waals surface area contributed by atoms with Crippen LogP contribution in [0, 0.1) is 0 Å². The van der Waals surface area contributed by atoms with Crippen LogP contribution in [-0.2, 0) is 11.8 Å². The quantitative estimate of drug-likeness (QED) is 0.785. The normalized spacial score (nSPS) is 18.9. The van der Waals surface area contributed by atoms with Gasteiger partial charge < -0.3 is 5.11 Å². The third kappa shape index (κ3) is 1.65. The lowest BCUT2D eigenvalue weighted by Gasteiger charge is -2.07. The standard InChI is InChI=1S/C11H16OS/c1-2-3-9-4-5-10(13-9)11(8-12)6-7-11/h4-5,12H,2-3,6-8H2,1H3. The van der Waals surface area contributed by atoms with Gasteiger partial charge in [0.25, 0.3) is 0 Å². The summed E-state index contributed by atoms with van der Waals surface area (Å²) in [5.41, 5.74) is 0.177. The first-order valence-corrected chi connectivity index (χ1v) is 5.82. The first kappa shape index (κ1) is 9.22. The highest BCUT2D eigenvalue weighted by molar-refractivity contribution is 7.12. The average molecular weight is 196 g/mol. The van der Waals surface area contributed by atoms with E-state index < -0.39 is 0 Å². The third-order valence-corrected chi connectivity index (χ3v) is 4.23. The van der Waals surface area contributed by atoms with Crippen LogP contribution in [0.3, 0.4) is 0 Å². The second-order valence-corrected chi connectivity index (χ2v) is 5.12. The van der Waals surface area contributed by atoms with Gasteiger partial charge in [-0.25, -0.2) is 0 Å². The van der Waals surface area contributed by atoms with Gasteiger partial charge in [0, 0.05) is 15.2 Å². The van der Waals surface area contributed by atoms with Gasteiger partial charge in [0.2, 0.25) is 0 Å². The third-order valence-electron chi connectivity index (χ3n) is 2.84. The molecule has 2 heteroatoms. The summed E-state index contributed by atoms with van der Waals surface area (Å²) in [4.78, 5) is 2.87. The summed E-state index contributed by atoms with van der Waals surface area (Å²) in [5, 5.41) is 9.26. The molecule has 13 heavy (non-hydrogen) atoms. The number of rotatable bonds is 4. The topological polar surface area (TPSA) is 20.2 Å². The Morgan fingerprint density at radius 2 is 2.23 bits per heavy atom. The Balaban J connectivity index is 2.13. The van der Waals surface area contributed by atoms with E-state index in [0.29, 0.717) is 6.61 Å². The van der Waals surface area contributed by atoms with Crippen LogP contribution in [0.15, 0.2) is 12.1 Å². The molecule has 0 aliphatic heterocycles. The summed E-state index contributed by atoms with van der Waals surface area (Å²) in [6.07, 6.45) is 4.75. The monoisotopic (exact) mass is 196 g/mol. The Bertz CT molecular complexity index is 286. The maximum Gasteiger partial charge on any atom is 0.0535 e. The Hall–Kier alpha value is -0.340. The SMILES string of the molecule is CCCc1ccc(C2(CO)CC2)s1. The number of hydrogen-bond acceptors (Lipinski definition) is 2. The lowest BCUT2D eigenvalue weighted by atomic mass is 10.1. The van der Waals surface area contributed by atoms with Crippen LogP contribution >= 0.6 is 11.3 Å². The van der Waals surface area contributed by atoms with Crippen LogP contribution in [0.5, 0.6) is 0 Å². The maximum atomic E-state index is 9.26. The van der Waals surface area contributed by atoms with E-state index in [1.165, 1.54) is 35.4 Å². The summed E-state index contributed by atoms with van der Waals surface area (Å²) in [5.74, 6) is 0. The average Bonchev–Trinajstić information content (AvgIpc) is 2.82. The van der Waals surface area contributed by atoms with E-state index in [1.807, 2.05) is 11.3 Å². The van der Waals surface area contributed by atoms with Crippen LogP contribution in [0.2, 0.25) is 0 Å². The van der Waals surface area contributed by atoms with Gasteiger partial charge in [-0.3, -0.25) is 0 Å². The molecule has 2 rings (SSSR count). The summed E-state index contributed by atoms with van der Waals surface area (Å²) in [6, 6.07) is 4.43. The maximum absolute atomic E-state index is 9.26. The van der Waals surface area contributed by atoms with Gasteiger partial charge in [0.05, 0.1) is 6.61 Å². The highest BCUT2D eigenvalue weighted by Gasteiger charge is 2.44. The molecule has 1 aliphatic rings. The fourth-order valence-corrected chi connectivity index (χ4v) is 3.02. The van der Waals surface area contributed by atoms with Gasteiger partial charge in [-0.2, -0.15) is 0 Å². The van der Waals surface area contributed by atoms with Crippen molar-refractivity contribution < 1.29 is 5.11 Å². The molecule has 1 nitrogen and oxygen atoms in total. The predicted molar refractivity (Wildman–Crippen MR) is 56.3 cm³/mol. The van der Waals surface area contributed by atoms with Crippen LogP contribution < -0.4 is 0 Å². The number of thiophene rings is 1. The summed E-state index contributed by atoms with van der Waals surface area (Å²) < 4.78 is 0. The van der Waals surface area contributed by atoms with Crippen LogP contribution in [0.1, 0.15) is 35.9 Å². The molecule has 72 valence electrons. The zero-order valence-corrected chi connectivity index (χ0v) is 8.86. The van der Waals surface area contributed by atoms with Crippen molar-refractivity contribution in [1.29, 1.82) is 0 Å². The first-order chi connectivity index (χ1) is 6.30. The molecule has 1 saturated carbocycles. The van der Waals surface area contributed by atoms with Crippen molar-refractivity contribution in [3.63, 3.8) is 0 Å². The van der Waals surface area contributed by atoms with Crippen LogP contribution in [0.4, 0.5) is 0 Å². The molecule has 0 aromatic carbocycles. The minimum Gasteiger partial charge on any atom is -0.395 e. The van der Waals surface area contributed by atoms with E-state index >= 15 is 0 Å². The second kappa shape index (κ2) is 3.43. The fourth-order valence-electron chi connectivity index (χ4n) is 1.68. The lowest BCUT2D eigenvalue weighted by Crippen LogP contribution is -2.09. The van der Waals surface area contributed by atoms with Crippen LogP contribution in [0.25, 0.3) is 0 Å². The van der Waals surface area contributed by atoms with Gasteiger partial charge in [0.15, 0.2) is 0 Å². The van der Waals surface area contributed by atoms with Gasteiger partial charge in [-0.1, -0.05) is 13.3 Å². The molecule has 1 fully saturated rings. The summed E-state index contributed by atoms with van der Waals surface area (Å²) in [7, 11) is 0. The van der Waals surface area contributed by atoms with E-state index in [-0.39, 0.29) is 5.41 Å². The summed E-state index contributed by atoms with van der Waals surface area (Å²) in [6.45, 7) is 2.54. The molecule has 0 bridgehead atoms. The van der Waals surface area contributed by atoms with Gasteiger partial charge in [-0.05, 0) is 31.4 Å². The van der Waals surface area contributed by atoms with E-state index in [1.54, 1.807) is 0 Å². The molecular weight excluding hydrogens is 180 g/mol. The second-order valence-electron chi connectivity index (χ2n) is 3.95. The number of aryl methyl sites for hydroxylation is 1. The fraction of sp³-hybridized carbons (Fsp3) is 0.636. The zero-order chi connectivity index (χ0) is 9.31. The molecular formula is C11H16OS. The molecule has 0 atom stereocenters. The number of hydrogen-bond donors (Lipinski definition) is 1. The molecule has 0 spiro atoms. The van der Waals surface area contributed by atoms with Crippen molar-refractivity contribution in [3.8, 4) is 0 Å². The zero-order valence-electron chi connectivity index (χ0n) is 8.05. The molecule has 0 amide bonds. The molecule has 0 unspecified atom stereocenters. The Kier molecular flexibility index (Phi) is 2.43. The number of aliphatic hydroxyl groups excluding tert-OH is 1. The summed E-state index contributed by atoms with van der Waals surface area (Å²) >= 11 is 1.89. The highest BCUT2D eigenvalue weighted by Crippen LogP contribution is 2.50. The molecule has 0 radical (unpaired) electrons. The molecule has 0 saturated heterocycles. The smallest absolute Gasteiger partial charge is 0.0535 e. The van der Waals surface area contributed by atoms with Gasteiger partial charge in [0.1, 0.15) is 0 Å². The van der Waals surface area contributed by atoms with Crippen molar-refractivity contribution in [2.24, 2.45) is 0 Å². The molecule has 1 aromatic heterocycles. The van der Waals surface area contributed by atoms with Gasteiger partial charge >= 0.3 is 0 Å². The van der Waals surface area contributed by atoms with E-state index in [9.17, 15) is 5.11 Å². The lowest BCUT2D eigenvalue weighted by molar-refractivity contribution is 0.257. The Morgan fingerprint density at radius 1 is 1.46 bits per heavy atom. The van der Waals surface area contributed by atoms with Crippen molar-refractivity contribution in [3.05, 3.63) is 21.9 Å². The largest absolute Gasteiger partial charge is 0.395 e. The molecule has 1 aliphatic carbocycles. The van der Waals surface area contributed by atoms with E-state index in [4.69, 9.17) is 0 Å². The van der Waals surface area contributed by atoms with Crippen molar-refractivity contribution in [2.75, 3.05) is 6.61 Å². The van der Waals surface area contributed by atoms with Gasteiger partial charge in [-0.15, -0.1) is 11.3 Å². The van der Waals surface area contributed by atoms with Crippen molar-refractivity contribution in [1.82, 2.24) is 0 Å². The molecule has 1 N–H and O–H groups in total. The number of aliphatic hydroxyl groups is 1. The first-order valence-electron chi connectivity index (χ1n) is 5.01. The minimum atomic E-state index is 0.177. The molecule has 1 aromatic rings. The Labute approximate surface area is 83.4 Å². The predicted octanol–water partition coefficient (Wildman–Crippen LogP) is 2.72. The van der Waals surface area contributed by atoms with Crippen molar-refractivity contribution in [2.45, 2.75) is 38.0 Å². The van der Waals surface area contributed by atoms with Crippen LogP contribution in [-0.4, -0.2) is 11.7 Å². The highest BCUT2D eigenvalue weighted by atomic mass is 32.1. The Morgan fingerprint density at radius 3 is 2.77 bits per heavy atom. The minimum absolute atomic E-state index is 0.177.